The topological polar surface area (TPSA) is 80.2 Å². The summed E-state index contributed by atoms with van der Waals surface area (Å²) in [5, 5.41) is 6.06. The van der Waals surface area contributed by atoms with Crippen LogP contribution in [0.4, 0.5) is 0 Å². The number of amidine groups is 1. The van der Waals surface area contributed by atoms with E-state index in [1.165, 1.54) is 31.0 Å². The second-order valence-electron chi connectivity index (χ2n) is 9.46. The van der Waals surface area contributed by atoms with Crippen molar-refractivity contribution < 1.29 is 19.1 Å². The fourth-order valence-corrected chi connectivity index (χ4v) is 6.68. The zero-order chi connectivity index (χ0) is 23.7. The Balaban J connectivity index is 1.38. The Labute approximate surface area is 204 Å². The second-order valence-corrected chi connectivity index (χ2v) is 10.3. The third-order valence-corrected chi connectivity index (χ3v) is 8.17. The van der Waals surface area contributed by atoms with Crippen LogP contribution < -0.4 is 5.32 Å². The van der Waals surface area contributed by atoms with Crippen LogP contribution in [0.3, 0.4) is 0 Å². The van der Waals surface area contributed by atoms with Crippen molar-refractivity contribution in [1.29, 1.82) is 0 Å². The van der Waals surface area contributed by atoms with E-state index in [1.54, 1.807) is 7.11 Å². The SMILES string of the molecule is COCCOC(=O)C1=C(C)N=C2SC=C(CC(=O)N[C@H]3C[C@H]4CC[C@H]3C4)N2[C@H]1c1ccccc1. The number of hydrogen-bond acceptors (Lipinski definition) is 7. The summed E-state index contributed by atoms with van der Waals surface area (Å²) in [6.07, 6.45) is 5.15. The van der Waals surface area contributed by atoms with Gasteiger partial charge in [-0.15, -0.1) is 0 Å². The van der Waals surface area contributed by atoms with Gasteiger partial charge in [-0.1, -0.05) is 48.5 Å². The van der Waals surface area contributed by atoms with E-state index in [2.05, 4.69) is 5.32 Å². The Hall–Kier alpha value is -2.58. The fourth-order valence-electron chi connectivity index (χ4n) is 5.72. The summed E-state index contributed by atoms with van der Waals surface area (Å²) >= 11 is 1.50. The number of hydrogen-bond donors (Lipinski definition) is 1. The van der Waals surface area contributed by atoms with Gasteiger partial charge in [-0.2, -0.15) is 0 Å². The van der Waals surface area contributed by atoms with Gasteiger partial charge in [0.1, 0.15) is 6.61 Å². The van der Waals surface area contributed by atoms with E-state index in [0.717, 1.165) is 28.8 Å². The molecule has 2 bridgehead atoms. The summed E-state index contributed by atoms with van der Waals surface area (Å²) in [6.45, 7) is 2.34. The first-order chi connectivity index (χ1) is 16.5. The highest BCUT2D eigenvalue weighted by molar-refractivity contribution is 8.16. The van der Waals surface area contributed by atoms with Gasteiger partial charge in [0.15, 0.2) is 5.17 Å². The van der Waals surface area contributed by atoms with E-state index in [0.29, 0.717) is 29.8 Å². The van der Waals surface area contributed by atoms with Gasteiger partial charge in [-0.05, 0) is 49.0 Å². The molecular weight excluding hydrogens is 450 g/mol. The lowest BCUT2D eigenvalue weighted by molar-refractivity contribution is -0.141. The maximum atomic E-state index is 13.2. The Bertz CT molecular complexity index is 1050. The van der Waals surface area contributed by atoms with E-state index >= 15 is 0 Å². The lowest BCUT2D eigenvalue weighted by Crippen LogP contribution is -2.41. The summed E-state index contributed by atoms with van der Waals surface area (Å²) in [7, 11) is 1.57. The molecule has 0 unspecified atom stereocenters. The number of methoxy groups -OCH3 is 1. The van der Waals surface area contributed by atoms with Gasteiger partial charge in [-0.3, -0.25) is 4.79 Å². The molecule has 5 rings (SSSR count). The van der Waals surface area contributed by atoms with Crippen molar-refractivity contribution in [2.45, 2.75) is 51.1 Å². The Kier molecular flexibility index (Phi) is 6.79. The molecule has 34 heavy (non-hydrogen) atoms. The van der Waals surface area contributed by atoms with Crippen LogP contribution >= 0.6 is 11.8 Å². The van der Waals surface area contributed by atoms with Crippen molar-refractivity contribution in [3.05, 3.63) is 58.3 Å². The first-order valence-corrected chi connectivity index (χ1v) is 12.9. The third kappa shape index (κ3) is 4.53. The van der Waals surface area contributed by atoms with Gasteiger partial charge in [0.2, 0.25) is 5.91 Å². The molecule has 2 fully saturated rings. The number of carbonyl (C=O) groups is 2. The molecule has 2 aliphatic heterocycles. The molecular formula is C26H31N3O4S. The summed E-state index contributed by atoms with van der Waals surface area (Å²) in [5.41, 5.74) is 2.94. The summed E-state index contributed by atoms with van der Waals surface area (Å²) in [5.74, 6) is 1.03. The number of thioether (sulfide) groups is 1. The highest BCUT2D eigenvalue weighted by atomic mass is 32.2. The minimum atomic E-state index is -0.408. The molecule has 7 nitrogen and oxygen atoms in total. The molecule has 0 radical (unpaired) electrons. The predicted octanol–water partition coefficient (Wildman–Crippen LogP) is 4.15. The molecule has 0 aromatic heterocycles. The zero-order valence-corrected chi connectivity index (χ0v) is 20.5. The Morgan fingerprint density at radius 3 is 2.71 bits per heavy atom. The summed E-state index contributed by atoms with van der Waals surface area (Å²) in [6, 6.07) is 9.76. The van der Waals surface area contributed by atoms with Gasteiger partial charge in [-0.25, -0.2) is 9.79 Å². The first-order valence-electron chi connectivity index (χ1n) is 12.0. The van der Waals surface area contributed by atoms with Crippen molar-refractivity contribution >= 4 is 28.8 Å². The minimum absolute atomic E-state index is 0.0351. The molecule has 1 amide bonds. The van der Waals surface area contributed by atoms with Crippen molar-refractivity contribution in [2.24, 2.45) is 16.8 Å². The normalized spacial score (nSPS) is 27.4. The highest BCUT2D eigenvalue weighted by Gasteiger charge is 2.43. The largest absolute Gasteiger partial charge is 0.460 e. The Morgan fingerprint density at radius 2 is 2.00 bits per heavy atom. The molecule has 2 heterocycles. The van der Waals surface area contributed by atoms with Crippen LogP contribution in [0.5, 0.6) is 0 Å². The van der Waals surface area contributed by atoms with Gasteiger partial charge < -0.3 is 19.7 Å². The lowest BCUT2D eigenvalue weighted by Gasteiger charge is -2.36. The number of ether oxygens (including phenoxy) is 2. The number of nitrogens with zero attached hydrogens (tertiary/aromatic N) is 2. The first kappa shape index (κ1) is 23.2. The number of aliphatic imine (C=N–C) groups is 1. The monoisotopic (exact) mass is 481 g/mol. The molecule has 0 spiro atoms. The number of fused-ring (bicyclic) bond motifs is 3. The maximum Gasteiger partial charge on any atom is 0.338 e. The molecule has 8 heteroatoms. The number of nitrogens with one attached hydrogen (secondary N) is 1. The van der Waals surface area contributed by atoms with Crippen molar-refractivity contribution in [3.63, 3.8) is 0 Å². The number of esters is 1. The van der Waals surface area contributed by atoms with Crippen molar-refractivity contribution in [2.75, 3.05) is 20.3 Å². The van der Waals surface area contributed by atoms with E-state index in [1.807, 2.05) is 47.6 Å². The van der Waals surface area contributed by atoms with E-state index in [-0.39, 0.29) is 18.9 Å². The van der Waals surface area contributed by atoms with E-state index in [4.69, 9.17) is 14.5 Å². The second kappa shape index (κ2) is 9.96. The van der Waals surface area contributed by atoms with Crippen LogP contribution in [0.15, 0.2) is 57.7 Å². The Morgan fingerprint density at radius 1 is 1.18 bits per heavy atom. The molecule has 2 aliphatic carbocycles. The van der Waals surface area contributed by atoms with Crippen LogP contribution in [-0.4, -0.2) is 48.3 Å². The summed E-state index contributed by atoms with van der Waals surface area (Å²) < 4.78 is 10.5. The van der Waals surface area contributed by atoms with Crippen LogP contribution in [0.2, 0.25) is 0 Å². The molecule has 180 valence electrons. The smallest absolute Gasteiger partial charge is 0.338 e. The van der Waals surface area contributed by atoms with Crippen LogP contribution in [0, 0.1) is 11.8 Å². The molecule has 1 N–H and O–H groups in total. The van der Waals surface area contributed by atoms with Gasteiger partial charge in [0, 0.05) is 18.8 Å². The quantitative estimate of drug-likeness (QED) is 0.444. The highest BCUT2D eigenvalue weighted by Crippen LogP contribution is 2.46. The number of benzene rings is 1. The third-order valence-electron chi connectivity index (χ3n) is 7.28. The van der Waals surface area contributed by atoms with Crippen molar-refractivity contribution in [1.82, 2.24) is 10.2 Å². The van der Waals surface area contributed by atoms with Crippen LogP contribution in [-0.2, 0) is 19.1 Å². The number of rotatable bonds is 8. The molecule has 0 saturated heterocycles. The average molecular weight is 482 g/mol. The average Bonchev–Trinajstić information content (AvgIpc) is 3.55. The molecule has 2 saturated carbocycles. The minimum Gasteiger partial charge on any atom is -0.460 e. The van der Waals surface area contributed by atoms with Gasteiger partial charge in [0.05, 0.1) is 30.3 Å². The van der Waals surface area contributed by atoms with Gasteiger partial charge in [0.25, 0.3) is 0 Å². The molecule has 4 aliphatic rings. The van der Waals surface area contributed by atoms with E-state index in [9.17, 15) is 9.59 Å². The predicted molar refractivity (Wildman–Crippen MR) is 132 cm³/mol. The number of allylic oxidation sites excluding steroid dienone is 1. The maximum absolute atomic E-state index is 13.2. The zero-order valence-electron chi connectivity index (χ0n) is 19.7. The van der Waals surface area contributed by atoms with E-state index < -0.39 is 12.0 Å². The lowest BCUT2D eigenvalue weighted by atomic mass is 9.93. The number of amides is 1. The molecule has 1 aromatic rings. The van der Waals surface area contributed by atoms with Crippen LogP contribution in [0.1, 0.15) is 50.6 Å². The molecule has 4 atom stereocenters. The van der Waals surface area contributed by atoms with Crippen molar-refractivity contribution in [3.8, 4) is 0 Å². The molecule has 1 aromatic carbocycles. The van der Waals surface area contributed by atoms with Crippen LogP contribution in [0.25, 0.3) is 0 Å². The standard InChI is InChI=1S/C26H31N3O4S/c1-16-23(25(31)33-11-10-32-2)24(18-6-4-3-5-7-18)29-20(15-34-26(29)27-16)14-22(30)28-21-13-17-8-9-19(21)12-17/h3-7,15,17,19,21,24H,8-14H2,1-2H3,(H,28,30)/t17-,19-,21-,24-/m0/s1. The van der Waals surface area contributed by atoms with Gasteiger partial charge >= 0.3 is 5.97 Å². The summed E-state index contributed by atoms with van der Waals surface area (Å²) in [4.78, 5) is 32.9. The number of carbonyl (C=O) groups excluding carboxylic acids is 2. The fraction of sp³-hybridized carbons (Fsp3) is 0.500.